The molecule has 0 amide bonds. The van der Waals surface area contributed by atoms with E-state index in [1.54, 1.807) is 6.07 Å². The van der Waals surface area contributed by atoms with Crippen LogP contribution in [0.5, 0.6) is 5.75 Å². The first-order valence-electron chi connectivity index (χ1n) is 4.51. The zero-order valence-electron chi connectivity index (χ0n) is 8.05. The van der Waals surface area contributed by atoms with Gasteiger partial charge in [0.05, 0.1) is 5.69 Å². The first-order chi connectivity index (χ1) is 7.35. The lowest BCUT2D eigenvalue weighted by Crippen LogP contribution is -1.96. The number of pyridine rings is 1. The summed E-state index contributed by atoms with van der Waals surface area (Å²) in [6.45, 7) is 0.407. The van der Waals surface area contributed by atoms with Gasteiger partial charge in [0.25, 0.3) is 0 Å². The molecule has 0 spiro atoms. The van der Waals surface area contributed by atoms with Gasteiger partial charge >= 0.3 is 0 Å². The largest absolute Gasteiger partial charge is 0.475 e. The Morgan fingerprint density at radius 1 is 1.60 bits per heavy atom. The molecule has 0 atom stereocenters. The van der Waals surface area contributed by atoms with E-state index in [0.717, 1.165) is 5.69 Å². The molecule has 0 saturated carbocycles. The normalized spacial score (nSPS) is 10.1. The van der Waals surface area contributed by atoms with Crippen molar-refractivity contribution < 1.29 is 4.74 Å². The van der Waals surface area contributed by atoms with Gasteiger partial charge in [-0.3, -0.25) is 0 Å². The molecule has 2 rings (SSSR count). The van der Waals surface area contributed by atoms with Gasteiger partial charge in [-0.2, -0.15) is 5.26 Å². The summed E-state index contributed by atoms with van der Waals surface area (Å²) in [5.74, 6) is 0.596. The molecule has 0 bridgehead atoms. The first-order valence-corrected chi connectivity index (χ1v) is 4.51. The third kappa shape index (κ3) is 1.75. The minimum atomic E-state index is 0.0183. The molecule has 0 saturated heterocycles. The van der Waals surface area contributed by atoms with E-state index in [9.17, 15) is 0 Å². The van der Waals surface area contributed by atoms with Crippen molar-refractivity contribution in [3.63, 3.8) is 0 Å². The number of nitrogens with zero attached hydrogens (tertiary/aromatic N) is 3. The van der Waals surface area contributed by atoms with Crippen LogP contribution in [0.3, 0.4) is 0 Å². The highest BCUT2D eigenvalue weighted by Gasteiger charge is 2.05. The molecule has 0 fully saturated rings. The smallest absolute Gasteiger partial charge is 0.180 e. The van der Waals surface area contributed by atoms with Crippen LogP contribution in [0.15, 0.2) is 24.5 Å². The summed E-state index contributed by atoms with van der Waals surface area (Å²) in [6, 6.07) is 5.53. The van der Waals surface area contributed by atoms with E-state index in [1.807, 2.05) is 28.9 Å². The second-order valence-corrected chi connectivity index (χ2v) is 2.99. The Balaban J connectivity index is 2.45. The maximum absolute atomic E-state index is 8.43. The average Bonchev–Trinajstić information content (AvgIpc) is 2.69. The van der Waals surface area contributed by atoms with Gasteiger partial charge in [0.15, 0.2) is 18.0 Å². The summed E-state index contributed by atoms with van der Waals surface area (Å²) >= 11 is 0. The lowest BCUT2D eigenvalue weighted by Gasteiger charge is -2.01. The van der Waals surface area contributed by atoms with Gasteiger partial charge in [0.1, 0.15) is 6.07 Å². The molecule has 0 unspecified atom stereocenters. The highest BCUT2D eigenvalue weighted by atomic mass is 16.5. The van der Waals surface area contributed by atoms with Gasteiger partial charge < -0.3 is 14.9 Å². The van der Waals surface area contributed by atoms with Crippen molar-refractivity contribution in [2.75, 3.05) is 6.61 Å². The van der Waals surface area contributed by atoms with E-state index in [0.29, 0.717) is 17.9 Å². The first kappa shape index (κ1) is 9.49. The highest BCUT2D eigenvalue weighted by Crippen LogP contribution is 2.18. The predicted molar refractivity (Wildman–Crippen MR) is 54.2 cm³/mol. The topological polar surface area (TPSA) is 76.3 Å². The van der Waals surface area contributed by atoms with E-state index < -0.39 is 0 Å². The van der Waals surface area contributed by atoms with E-state index in [-0.39, 0.29) is 6.61 Å². The lowest BCUT2D eigenvalue weighted by atomic mass is 10.4. The van der Waals surface area contributed by atoms with Crippen molar-refractivity contribution in [2.24, 2.45) is 5.73 Å². The molecule has 0 aromatic carbocycles. The fourth-order valence-corrected chi connectivity index (χ4v) is 1.36. The highest BCUT2D eigenvalue weighted by molar-refractivity contribution is 5.54. The second kappa shape index (κ2) is 3.98. The van der Waals surface area contributed by atoms with Crippen molar-refractivity contribution in [1.29, 1.82) is 5.26 Å². The Morgan fingerprint density at radius 2 is 2.47 bits per heavy atom. The van der Waals surface area contributed by atoms with Crippen molar-refractivity contribution in [2.45, 2.75) is 6.54 Å². The van der Waals surface area contributed by atoms with Crippen LogP contribution >= 0.6 is 0 Å². The maximum Gasteiger partial charge on any atom is 0.180 e. The fraction of sp³-hybridized carbons (Fsp3) is 0.200. The number of hydrogen-bond donors (Lipinski definition) is 1. The molecule has 2 aromatic rings. The van der Waals surface area contributed by atoms with Crippen LogP contribution in [0, 0.1) is 11.3 Å². The summed E-state index contributed by atoms with van der Waals surface area (Å²) in [6.07, 6.45) is 3.70. The summed E-state index contributed by atoms with van der Waals surface area (Å²) in [4.78, 5) is 4.29. The number of imidazole rings is 1. The maximum atomic E-state index is 8.43. The van der Waals surface area contributed by atoms with Crippen molar-refractivity contribution in [3.8, 4) is 11.8 Å². The molecule has 0 aliphatic carbocycles. The molecule has 2 aromatic heterocycles. The van der Waals surface area contributed by atoms with Gasteiger partial charge in [0.2, 0.25) is 0 Å². The van der Waals surface area contributed by atoms with Gasteiger partial charge in [-0.25, -0.2) is 4.98 Å². The molecule has 2 heterocycles. The molecule has 0 aliphatic rings. The third-order valence-corrected chi connectivity index (χ3v) is 2.00. The second-order valence-electron chi connectivity index (χ2n) is 2.99. The van der Waals surface area contributed by atoms with Crippen LogP contribution in [0.1, 0.15) is 5.69 Å². The summed E-state index contributed by atoms with van der Waals surface area (Å²) in [5, 5.41) is 8.43. The Morgan fingerprint density at radius 3 is 3.20 bits per heavy atom. The third-order valence-electron chi connectivity index (χ3n) is 2.00. The monoisotopic (exact) mass is 202 g/mol. The van der Waals surface area contributed by atoms with Gasteiger partial charge in [-0.15, -0.1) is 0 Å². The zero-order chi connectivity index (χ0) is 10.7. The van der Waals surface area contributed by atoms with E-state index >= 15 is 0 Å². The summed E-state index contributed by atoms with van der Waals surface area (Å²) in [5.41, 5.74) is 6.98. The quantitative estimate of drug-likeness (QED) is 0.794. The number of nitrogens with two attached hydrogens (primary N) is 1. The number of fused-ring (bicyclic) bond motifs is 1. The minimum Gasteiger partial charge on any atom is -0.475 e. The number of rotatable bonds is 3. The minimum absolute atomic E-state index is 0.0183. The Bertz CT molecular complexity index is 512. The standard InChI is InChI=1S/C10H10N4O/c11-3-5-15-9-2-1-4-14-7-8(6-12)13-10(9)14/h1-2,4,7H,5-6,12H2. The van der Waals surface area contributed by atoms with Gasteiger partial charge in [0, 0.05) is 18.9 Å². The van der Waals surface area contributed by atoms with Gasteiger partial charge in [-0.1, -0.05) is 0 Å². The summed E-state index contributed by atoms with van der Waals surface area (Å²) in [7, 11) is 0. The lowest BCUT2D eigenvalue weighted by molar-refractivity contribution is 0.370. The number of nitriles is 1. The van der Waals surface area contributed by atoms with Crippen molar-refractivity contribution >= 4 is 5.65 Å². The van der Waals surface area contributed by atoms with Crippen LogP contribution in [0.4, 0.5) is 0 Å². The fourth-order valence-electron chi connectivity index (χ4n) is 1.36. The number of hydrogen-bond acceptors (Lipinski definition) is 4. The molecular weight excluding hydrogens is 192 g/mol. The average molecular weight is 202 g/mol. The van der Waals surface area contributed by atoms with Crippen LogP contribution in [-0.4, -0.2) is 16.0 Å². The molecule has 0 aliphatic heterocycles. The number of ether oxygens (including phenoxy) is 1. The van der Waals surface area contributed by atoms with E-state index in [4.69, 9.17) is 15.7 Å². The summed E-state index contributed by atoms with van der Waals surface area (Å²) < 4.78 is 7.07. The van der Waals surface area contributed by atoms with Crippen LogP contribution in [0.2, 0.25) is 0 Å². The Hall–Kier alpha value is -2.06. The molecule has 5 nitrogen and oxygen atoms in total. The Kier molecular flexibility index (Phi) is 2.52. The van der Waals surface area contributed by atoms with Gasteiger partial charge in [-0.05, 0) is 12.1 Å². The SMILES string of the molecule is N#CCOc1cccn2cc(CN)nc12. The van der Waals surface area contributed by atoms with Crippen molar-refractivity contribution in [3.05, 3.63) is 30.2 Å². The molecule has 2 N–H and O–H groups in total. The molecule has 15 heavy (non-hydrogen) atoms. The van der Waals surface area contributed by atoms with E-state index in [2.05, 4.69) is 4.98 Å². The van der Waals surface area contributed by atoms with Crippen LogP contribution in [0.25, 0.3) is 5.65 Å². The Labute approximate surface area is 86.7 Å². The zero-order valence-corrected chi connectivity index (χ0v) is 8.05. The van der Waals surface area contributed by atoms with Crippen molar-refractivity contribution in [1.82, 2.24) is 9.38 Å². The molecule has 76 valence electrons. The number of aromatic nitrogens is 2. The molecular formula is C10H10N4O. The molecule has 0 radical (unpaired) electrons. The molecule has 5 heteroatoms. The predicted octanol–water partition coefficient (Wildman–Crippen LogP) is 0.695. The van der Waals surface area contributed by atoms with Crippen LogP contribution < -0.4 is 10.5 Å². The van der Waals surface area contributed by atoms with Crippen LogP contribution in [-0.2, 0) is 6.54 Å². The van der Waals surface area contributed by atoms with E-state index in [1.165, 1.54) is 0 Å².